The zero-order chi connectivity index (χ0) is 14.4. The molecule has 1 aromatic heterocycles. The molecular formula is C17H22N2O. The van der Waals surface area contributed by atoms with Crippen molar-refractivity contribution in [1.29, 1.82) is 0 Å². The average molecular weight is 270 g/mol. The van der Waals surface area contributed by atoms with Crippen LogP contribution in [0.1, 0.15) is 30.5 Å². The summed E-state index contributed by atoms with van der Waals surface area (Å²) in [5, 5.41) is 3.44. The lowest BCUT2D eigenvalue weighted by atomic mass is 10.0. The van der Waals surface area contributed by atoms with Gasteiger partial charge in [0.1, 0.15) is 5.75 Å². The van der Waals surface area contributed by atoms with Crippen molar-refractivity contribution in [2.75, 3.05) is 7.11 Å². The van der Waals surface area contributed by atoms with Gasteiger partial charge in [0.05, 0.1) is 7.11 Å². The van der Waals surface area contributed by atoms with Crippen LogP contribution in [0, 0.1) is 0 Å². The minimum atomic E-state index is 0.460. The van der Waals surface area contributed by atoms with Crippen LogP contribution in [0.4, 0.5) is 0 Å². The summed E-state index contributed by atoms with van der Waals surface area (Å²) in [6.07, 6.45) is 4.61. The fraction of sp³-hybridized carbons (Fsp3) is 0.353. The van der Waals surface area contributed by atoms with Crippen molar-refractivity contribution < 1.29 is 4.74 Å². The third-order valence-electron chi connectivity index (χ3n) is 3.18. The van der Waals surface area contributed by atoms with Crippen LogP contribution in [0.15, 0.2) is 42.7 Å². The minimum Gasteiger partial charge on any atom is -0.496 e. The van der Waals surface area contributed by atoms with E-state index in [-0.39, 0.29) is 0 Å². The number of nitrogens with zero attached hydrogens (tertiary/aromatic N) is 1. The summed E-state index contributed by atoms with van der Waals surface area (Å²) < 4.78 is 5.43. The molecule has 1 N–H and O–H groups in total. The molecule has 0 aliphatic heterocycles. The Morgan fingerprint density at radius 3 is 2.70 bits per heavy atom. The SMILES string of the molecule is COc1ccc(Cc2cccnc2)cc1CNC(C)C. The van der Waals surface area contributed by atoms with E-state index < -0.39 is 0 Å². The van der Waals surface area contributed by atoms with E-state index in [1.54, 1.807) is 13.3 Å². The quantitative estimate of drug-likeness (QED) is 0.875. The molecular weight excluding hydrogens is 248 g/mol. The Labute approximate surface area is 121 Å². The third kappa shape index (κ3) is 4.07. The molecule has 20 heavy (non-hydrogen) atoms. The molecule has 0 saturated heterocycles. The summed E-state index contributed by atoms with van der Waals surface area (Å²) in [5.74, 6) is 0.938. The molecule has 106 valence electrons. The highest BCUT2D eigenvalue weighted by Gasteiger charge is 2.06. The highest BCUT2D eigenvalue weighted by molar-refractivity contribution is 5.39. The van der Waals surface area contributed by atoms with E-state index in [0.29, 0.717) is 6.04 Å². The van der Waals surface area contributed by atoms with E-state index >= 15 is 0 Å². The zero-order valence-electron chi connectivity index (χ0n) is 12.4. The Kier molecular flexibility index (Phi) is 5.13. The van der Waals surface area contributed by atoms with E-state index in [4.69, 9.17) is 4.74 Å². The summed E-state index contributed by atoms with van der Waals surface area (Å²) in [6.45, 7) is 5.11. The van der Waals surface area contributed by atoms with Crippen molar-refractivity contribution >= 4 is 0 Å². The first-order valence-corrected chi connectivity index (χ1v) is 6.97. The topological polar surface area (TPSA) is 34.1 Å². The van der Waals surface area contributed by atoms with Gasteiger partial charge in [-0.3, -0.25) is 4.98 Å². The van der Waals surface area contributed by atoms with Crippen LogP contribution >= 0.6 is 0 Å². The average Bonchev–Trinajstić information content (AvgIpc) is 2.46. The summed E-state index contributed by atoms with van der Waals surface area (Å²) in [4.78, 5) is 4.16. The molecule has 0 amide bonds. The molecule has 0 atom stereocenters. The van der Waals surface area contributed by atoms with Crippen molar-refractivity contribution in [3.05, 3.63) is 59.4 Å². The fourth-order valence-electron chi connectivity index (χ4n) is 2.13. The smallest absolute Gasteiger partial charge is 0.123 e. The summed E-state index contributed by atoms with van der Waals surface area (Å²) in [6, 6.07) is 10.9. The number of benzene rings is 1. The van der Waals surface area contributed by atoms with Crippen molar-refractivity contribution in [2.24, 2.45) is 0 Å². The van der Waals surface area contributed by atoms with Crippen LogP contribution in [0.5, 0.6) is 5.75 Å². The number of pyridine rings is 1. The molecule has 0 fully saturated rings. The molecule has 3 heteroatoms. The highest BCUT2D eigenvalue weighted by atomic mass is 16.5. The van der Waals surface area contributed by atoms with E-state index in [0.717, 1.165) is 18.7 Å². The molecule has 2 rings (SSSR count). The summed E-state index contributed by atoms with van der Waals surface area (Å²) in [7, 11) is 1.72. The lowest BCUT2D eigenvalue weighted by Gasteiger charge is -2.13. The van der Waals surface area contributed by atoms with Gasteiger partial charge in [-0.1, -0.05) is 32.0 Å². The molecule has 0 bridgehead atoms. The largest absolute Gasteiger partial charge is 0.496 e. The number of aromatic nitrogens is 1. The second-order valence-electron chi connectivity index (χ2n) is 5.22. The fourth-order valence-corrected chi connectivity index (χ4v) is 2.13. The van der Waals surface area contributed by atoms with Crippen LogP contribution in [0.2, 0.25) is 0 Å². The maximum absolute atomic E-state index is 5.43. The van der Waals surface area contributed by atoms with Gasteiger partial charge in [0, 0.05) is 30.5 Å². The lowest BCUT2D eigenvalue weighted by molar-refractivity contribution is 0.406. The monoisotopic (exact) mass is 270 g/mol. The maximum Gasteiger partial charge on any atom is 0.123 e. The van der Waals surface area contributed by atoms with Crippen molar-refractivity contribution in [3.8, 4) is 5.75 Å². The molecule has 1 heterocycles. The van der Waals surface area contributed by atoms with Gasteiger partial charge in [-0.05, 0) is 29.7 Å². The predicted octanol–water partition coefficient (Wildman–Crippen LogP) is 3.18. The Morgan fingerprint density at radius 2 is 2.05 bits per heavy atom. The van der Waals surface area contributed by atoms with Gasteiger partial charge < -0.3 is 10.1 Å². The van der Waals surface area contributed by atoms with Gasteiger partial charge >= 0.3 is 0 Å². The van der Waals surface area contributed by atoms with Crippen LogP contribution in [-0.2, 0) is 13.0 Å². The third-order valence-corrected chi connectivity index (χ3v) is 3.18. The Bertz CT molecular complexity index is 538. The van der Waals surface area contributed by atoms with Gasteiger partial charge in [0.2, 0.25) is 0 Å². The van der Waals surface area contributed by atoms with Crippen molar-refractivity contribution in [2.45, 2.75) is 32.9 Å². The van der Waals surface area contributed by atoms with E-state index in [1.165, 1.54) is 16.7 Å². The number of methoxy groups -OCH3 is 1. The standard InChI is InChI=1S/C17H22N2O/c1-13(2)19-12-16-10-14(6-7-17(16)20-3)9-15-5-4-8-18-11-15/h4-8,10-11,13,19H,9,12H2,1-3H3. The second kappa shape index (κ2) is 7.06. The molecule has 0 spiro atoms. The van der Waals surface area contributed by atoms with E-state index in [1.807, 2.05) is 18.3 Å². The molecule has 0 aliphatic carbocycles. The first-order valence-electron chi connectivity index (χ1n) is 6.97. The Balaban J connectivity index is 2.16. The second-order valence-corrected chi connectivity index (χ2v) is 5.22. The van der Waals surface area contributed by atoms with Gasteiger partial charge in [-0.25, -0.2) is 0 Å². The number of rotatable bonds is 6. The number of ether oxygens (including phenoxy) is 1. The maximum atomic E-state index is 5.43. The van der Waals surface area contributed by atoms with Crippen molar-refractivity contribution in [3.63, 3.8) is 0 Å². The number of hydrogen-bond donors (Lipinski definition) is 1. The van der Waals surface area contributed by atoms with Gasteiger partial charge in [0.15, 0.2) is 0 Å². The highest BCUT2D eigenvalue weighted by Crippen LogP contribution is 2.21. The van der Waals surface area contributed by atoms with Gasteiger partial charge in [-0.2, -0.15) is 0 Å². The van der Waals surface area contributed by atoms with Crippen LogP contribution in [0.3, 0.4) is 0 Å². The van der Waals surface area contributed by atoms with E-state index in [9.17, 15) is 0 Å². The van der Waals surface area contributed by atoms with Crippen molar-refractivity contribution in [1.82, 2.24) is 10.3 Å². The number of hydrogen-bond acceptors (Lipinski definition) is 3. The van der Waals surface area contributed by atoms with Gasteiger partial charge in [0.25, 0.3) is 0 Å². The normalized spacial score (nSPS) is 10.8. The lowest BCUT2D eigenvalue weighted by Crippen LogP contribution is -2.22. The minimum absolute atomic E-state index is 0.460. The molecule has 0 aliphatic rings. The summed E-state index contributed by atoms with van der Waals surface area (Å²) >= 11 is 0. The first kappa shape index (κ1) is 14.5. The Morgan fingerprint density at radius 1 is 1.20 bits per heavy atom. The summed E-state index contributed by atoms with van der Waals surface area (Å²) in [5.41, 5.74) is 3.70. The molecule has 0 unspecified atom stereocenters. The molecule has 3 nitrogen and oxygen atoms in total. The molecule has 0 saturated carbocycles. The van der Waals surface area contributed by atoms with Gasteiger partial charge in [-0.15, -0.1) is 0 Å². The number of nitrogens with one attached hydrogen (secondary N) is 1. The predicted molar refractivity (Wildman–Crippen MR) is 82.0 cm³/mol. The zero-order valence-corrected chi connectivity index (χ0v) is 12.4. The Hall–Kier alpha value is -1.87. The molecule has 2 aromatic rings. The molecule has 0 radical (unpaired) electrons. The van der Waals surface area contributed by atoms with Crippen LogP contribution in [-0.4, -0.2) is 18.1 Å². The van der Waals surface area contributed by atoms with E-state index in [2.05, 4.69) is 42.3 Å². The van der Waals surface area contributed by atoms with Crippen LogP contribution in [0.25, 0.3) is 0 Å². The van der Waals surface area contributed by atoms with Crippen LogP contribution < -0.4 is 10.1 Å². The molecule has 1 aromatic carbocycles. The first-order chi connectivity index (χ1) is 9.69.